The van der Waals surface area contributed by atoms with E-state index in [1.165, 1.54) is 9.21 Å². The van der Waals surface area contributed by atoms with Crippen molar-refractivity contribution in [3.63, 3.8) is 0 Å². The Morgan fingerprint density at radius 2 is 1.74 bits per heavy atom. The van der Waals surface area contributed by atoms with E-state index in [9.17, 15) is 27.6 Å². The van der Waals surface area contributed by atoms with Crippen LogP contribution in [0.2, 0.25) is 0 Å². The van der Waals surface area contributed by atoms with E-state index in [1.54, 1.807) is 44.2 Å². The summed E-state index contributed by atoms with van der Waals surface area (Å²) in [4.78, 5) is 50.3. The van der Waals surface area contributed by atoms with E-state index in [0.717, 1.165) is 0 Å². The number of carbonyl (C=O) groups is 4. The summed E-state index contributed by atoms with van der Waals surface area (Å²) in [7, 11) is -3.72. The van der Waals surface area contributed by atoms with Gasteiger partial charge in [0, 0.05) is 12.6 Å². The van der Waals surface area contributed by atoms with Crippen LogP contribution >= 0.6 is 0 Å². The van der Waals surface area contributed by atoms with Gasteiger partial charge in [-0.15, -0.1) is 0 Å². The Morgan fingerprint density at radius 1 is 1.11 bits per heavy atom. The molecule has 1 aromatic carbocycles. The lowest BCUT2D eigenvalue weighted by Crippen LogP contribution is -2.60. The second-order valence-electron chi connectivity index (χ2n) is 8.94. The van der Waals surface area contributed by atoms with Gasteiger partial charge in [-0.05, 0) is 30.7 Å². The van der Waals surface area contributed by atoms with Crippen molar-refractivity contribution in [1.29, 1.82) is 0 Å². The van der Waals surface area contributed by atoms with Gasteiger partial charge in [0.1, 0.15) is 6.04 Å². The molecule has 35 heavy (non-hydrogen) atoms. The van der Waals surface area contributed by atoms with Crippen LogP contribution in [0, 0.1) is 5.92 Å². The van der Waals surface area contributed by atoms with Gasteiger partial charge >= 0.3 is 5.97 Å². The second-order valence-corrected chi connectivity index (χ2v) is 10.9. The molecule has 0 radical (unpaired) electrons. The molecule has 1 aromatic rings. The largest absolute Gasteiger partial charge is 0.475 e. The lowest BCUT2D eigenvalue weighted by molar-refractivity contribution is -0.151. The molecule has 0 bridgehead atoms. The van der Waals surface area contributed by atoms with Crippen LogP contribution in [0.3, 0.4) is 0 Å². The molecule has 2 aliphatic rings. The van der Waals surface area contributed by atoms with Gasteiger partial charge in [0.2, 0.25) is 21.8 Å². The number of sulfonamides is 1. The first-order valence-corrected chi connectivity index (χ1v) is 13.5. The van der Waals surface area contributed by atoms with Crippen LogP contribution in [0.15, 0.2) is 30.3 Å². The number of ketones is 1. The smallest absolute Gasteiger partial charge is 0.374 e. The highest BCUT2D eigenvalue weighted by Gasteiger charge is 2.47. The third-order valence-electron chi connectivity index (χ3n) is 5.96. The molecule has 10 nitrogen and oxygen atoms in total. The average molecular weight is 510 g/mol. The Labute approximate surface area is 206 Å². The van der Waals surface area contributed by atoms with Crippen molar-refractivity contribution in [1.82, 2.24) is 14.5 Å². The zero-order chi connectivity index (χ0) is 26.3. The number of hydrogen-bond donors (Lipinski definition) is 2. The number of piperazine rings is 1. The Hall–Kier alpha value is -2.79. The van der Waals surface area contributed by atoms with Crippen LogP contribution in [0.5, 0.6) is 0 Å². The van der Waals surface area contributed by atoms with Crippen molar-refractivity contribution in [3.8, 4) is 0 Å². The van der Waals surface area contributed by atoms with Crippen molar-refractivity contribution < 1.29 is 32.7 Å². The summed E-state index contributed by atoms with van der Waals surface area (Å²) >= 11 is 0. The summed E-state index contributed by atoms with van der Waals surface area (Å²) in [5.74, 6) is -4.05. The van der Waals surface area contributed by atoms with Crippen molar-refractivity contribution in [2.75, 3.05) is 13.1 Å². The van der Waals surface area contributed by atoms with Crippen molar-refractivity contribution >= 4 is 33.6 Å². The molecule has 0 aromatic heterocycles. The summed E-state index contributed by atoms with van der Waals surface area (Å²) in [5.41, 5.74) is 0.621. The van der Waals surface area contributed by atoms with E-state index in [1.807, 2.05) is 13.8 Å². The number of benzene rings is 1. The zero-order valence-electron chi connectivity index (χ0n) is 20.6. The molecule has 2 aliphatic heterocycles. The summed E-state index contributed by atoms with van der Waals surface area (Å²) < 4.78 is 26.9. The molecular formula is C24H35N3O7S. The van der Waals surface area contributed by atoms with Crippen LogP contribution in [-0.2, 0) is 35.0 Å². The van der Waals surface area contributed by atoms with E-state index < -0.39 is 51.7 Å². The molecule has 3 rings (SSSR count). The highest BCUT2D eigenvalue weighted by molar-refractivity contribution is 7.88. The highest BCUT2D eigenvalue weighted by atomic mass is 32.2. The molecule has 2 N–H and O–H groups in total. The maximum atomic E-state index is 12.9. The molecule has 2 heterocycles. The van der Waals surface area contributed by atoms with E-state index >= 15 is 0 Å². The molecular weight excluding hydrogens is 474 g/mol. The SMILES string of the molecule is CC.CC(C)CC(NC(=O)[C@@H]1CC[C@H]2CN(S(=O)(=O)Cc3ccccc3)CC(=O)N21)C(=O)C(=O)O. The van der Waals surface area contributed by atoms with Gasteiger partial charge in [-0.2, -0.15) is 4.31 Å². The van der Waals surface area contributed by atoms with Crippen LogP contribution in [0.1, 0.15) is 52.5 Å². The molecule has 0 saturated carbocycles. The number of fused-ring (bicyclic) bond motifs is 1. The summed E-state index contributed by atoms with van der Waals surface area (Å²) in [6, 6.07) is 6.19. The summed E-state index contributed by atoms with van der Waals surface area (Å²) in [5, 5.41) is 11.6. The van der Waals surface area contributed by atoms with Gasteiger partial charge in [0.05, 0.1) is 18.3 Å². The van der Waals surface area contributed by atoms with Crippen molar-refractivity contribution in [2.24, 2.45) is 5.92 Å². The molecule has 11 heteroatoms. The number of Topliss-reactive ketones (excluding diaryl/α,β-unsaturated/α-hetero) is 1. The second kappa shape index (κ2) is 12.3. The van der Waals surface area contributed by atoms with Crippen LogP contribution in [0.25, 0.3) is 0 Å². The van der Waals surface area contributed by atoms with Crippen LogP contribution in [-0.4, -0.2) is 77.5 Å². The number of rotatable bonds is 9. The number of hydrogen-bond acceptors (Lipinski definition) is 6. The van der Waals surface area contributed by atoms with Gasteiger partial charge < -0.3 is 15.3 Å². The summed E-state index contributed by atoms with van der Waals surface area (Å²) in [6.07, 6.45) is 0.903. The maximum Gasteiger partial charge on any atom is 0.374 e. The molecule has 3 atom stereocenters. The Bertz CT molecular complexity index is 1030. The van der Waals surface area contributed by atoms with Crippen LogP contribution in [0.4, 0.5) is 0 Å². The average Bonchev–Trinajstić information content (AvgIpc) is 3.24. The Morgan fingerprint density at radius 3 is 2.31 bits per heavy atom. The quantitative estimate of drug-likeness (QED) is 0.479. The summed E-state index contributed by atoms with van der Waals surface area (Å²) in [6.45, 7) is 7.34. The zero-order valence-corrected chi connectivity index (χ0v) is 21.5. The lowest BCUT2D eigenvalue weighted by atomic mass is 9.99. The minimum absolute atomic E-state index is 0.0325. The fourth-order valence-corrected chi connectivity index (χ4v) is 5.94. The number of carboxylic acids is 1. The fraction of sp³-hybridized carbons (Fsp3) is 0.583. The highest BCUT2D eigenvalue weighted by Crippen LogP contribution is 2.30. The molecule has 2 fully saturated rings. The molecule has 0 aliphatic carbocycles. The van der Waals surface area contributed by atoms with E-state index in [-0.39, 0.29) is 31.2 Å². The maximum absolute atomic E-state index is 12.9. The number of carboxylic acid groups (broad SMARTS) is 1. The van der Waals surface area contributed by atoms with Gasteiger partial charge in [-0.3, -0.25) is 14.4 Å². The van der Waals surface area contributed by atoms with E-state index in [4.69, 9.17) is 5.11 Å². The fourth-order valence-electron chi connectivity index (χ4n) is 4.44. The van der Waals surface area contributed by atoms with Gasteiger partial charge in [0.15, 0.2) is 0 Å². The van der Waals surface area contributed by atoms with Crippen molar-refractivity contribution in [2.45, 2.75) is 70.8 Å². The minimum atomic E-state index is -3.72. The number of aliphatic carboxylic acids is 1. The third kappa shape index (κ3) is 7.11. The van der Waals surface area contributed by atoms with Gasteiger partial charge in [-0.1, -0.05) is 58.0 Å². The lowest BCUT2D eigenvalue weighted by Gasteiger charge is -2.38. The molecule has 0 spiro atoms. The first-order valence-electron chi connectivity index (χ1n) is 11.9. The Kier molecular flexibility index (Phi) is 9.96. The van der Waals surface area contributed by atoms with E-state index in [2.05, 4.69) is 5.32 Å². The third-order valence-corrected chi connectivity index (χ3v) is 7.72. The van der Waals surface area contributed by atoms with Crippen LogP contribution < -0.4 is 5.32 Å². The topological polar surface area (TPSA) is 141 Å². The number of nitrogens with one attached hydrogen (secondary N) is 1. The molecule has 194 valence electrons. The predicted octanol–water partition coefficient (Wildman–Crippen LogP) is 1.40. The monoisotopic (exact) mass is 509 g/mol. The van der Waals surface area contributed by atoms with Gasteiger partial charge in [-0.25, -0.2) is 13.2 Å². The number of carbonyl (C=O) groups excluding carboxylic acids is 3. The minimum Gasteiger partial charge on any atom is -0.475 e. The molecule has 2 saturated heterocycles. The van der Waals surface area contributed by atoms with Crippen molar-refractivity contribution in [3.05, 3.63) is 35.9 Å². The predicted molar refractivity (Wildman–Crippen MR) is 130 cm³/mol. The van der Waals surface area contributed by atoms with Gasteiger partial charge in [0.25, 0.3) is 5.78 Å². The van der Waals surface area contributed by atoms with E-state index in [0.29, 0.717) is 18.4 Å². The number of nitrogens with zero attached hydrogens (tertiary/aromatic N) is 2. The first kappa shape index (κ1) is 28.4. The first-order chi connectivity index (χ1) is 16.5. The number of amides is 2. The normalized spacial score (nSPS) is 21.1. The Balaban J connectivity index is 0.00000210. The molecule has 2 amide bonds. The molecule has 1 unspecified atom stereocenters. The standard InChI is InChI=1S/C22H29N3O7S.C2H6/c1-14(2)10-17(20(27)22(29)30)23-21(28)18-9-8-16-11-24(12-19(26)25(16)18)33(31,32)13-15-6-4-3-5-7-15;1-2/h3-7,14,16-18H,8-13H2,1-2H3,(H,23,28)(H,29,30);1-2H3/t16-,17?,18-;/m0./s1.